The number of aryl methyl sites for hydroxylation is 1. The van der Waals surface area contributed by atoms with E-state index in [1.807, 2.05) is 46.8 Å². The van der Waals surface area contributed by atoms with E-state index in [9.17, 15) is 4.79 Å². The Bertz CT molecular complexity index is 993. The fourth-order valence-electron chi connectivity index (χ4n) is 3.97. The van der Waals surface area contributed by atoms with Gasteiger partial charge in [-0.25, -0.2) is 0 Å². The van der Waals surface area contributed by atoms with E-state index in [-0.39, 0.29) is 11.8 Å². The highest BCUT2D eigenvalue weighted by molar-refractivity contribution is 5.94. The van der Waals surface area contributed by atoms with Crippen LogP contribution < -0.4 is 5.32 Å². The first-order chi connectivity index (χ1) is 14.0. The van der Waals surface area contributed by atoms with Crippen molar-refractivity contribution in [2.24, 2.45) is 7.05 Å². The molecule has 0 radical (unpaired) electrons. The summed E-state index contributed by atoms with van der Waals surface area (Å²) in [5.74, 6) is 1.71. The molecule has 1 fully saturated rings. The Morgan fingerprint density at radius 3 is 2.59 bits per heavy atom. The zero-order valence-electron chi connectivity index (χ0n) is 17.2. The summed E-state index contributed by atoms with van der Waals surface area (Å²) in [6, 6.07) is 16.1. The maximum Gasteiger partial charge on any atom is 0.253 e. The van der Waals surface area contributed by atoms with Gasteiger partial charge in [-0.3, -0.25) is 4.79 Å². The number of nitrogens with zero attached hydrogens (tertiary/aromatic N) is 4. The normalized spacial score (nSPS) is 16.4. The van der Waals surface area contributed by atoms with E-state index < -0.39 is 0 Å². The van der Waals surface area contributed by atoms with Gasteiger partial charge in [0.1, 0.15) is 12.2 Å². The van der Waals surface area contributed by atoms with Gasteiger partial charge in [-0.1, -0.05) is 32.0 Å². The minimum absolute atomic E-state index is 0.0730. The number of rotatable bonds is 5. The van der Waals surface area contributed by atoms with Crippen LogP contribution in [0.2, 0.25) is 0 Å². The zero-order chi connectivity index (χ0) is 20.4. The van der Waals surface area contributed by atoms with Crippen molar-refractivity contribution in [3.63, 3.8) is 0 Å². The lowest BCUT2D eigenvalue weighted by atomic mass is 10.0. The lowest BCUT2D eigenvalue weighted by molar-refractivity contribution is 0.0790. The van der Waals surface area contributed by atoms with Crippen LogP contribution in [-0.4, -0.2) is 38.7 Å². The molecule has 0 bridgehead atoms. The van der Waals surface area contributed by atoms with Gasteiger partial charge in [-0.2, -0.15) is 0 Å². The number of likely N-dealkylation sites (tertiary alicyclic amines) is 1. The van der Waals surface area contributed by atoms with Crippen molar-refractivity contribution in [3.8, 4) is 0 Å². The standard InChI is InChI=1S/C23H27N5O/c1-16(2)20-6-4-5-7-21(20)25-19-10-8-17(9-11-19)23(29)28-13-12-18(14-28)22-26-24-15-27(22)3/h4-11,15-16,18,25H,12-14H2,1-3H3. The molecule has 6 nitrogen and oxygen atoms in total. The van der Waals surface area contributed by atoms with E-state index >= 15 is 0 Å². The monoisotopic (exact) mass is 389 g/mol. The highest BCUT2D eigenvalue weighted by atomic mass is 16.2. The number of nitrogens with one attached hydrogen (secondary N) is 1. The highest BCUT2D eigenvalue weighted by Gasteiger charge is 2.30. The number of para-hydroxylation sites is 1. The lowest BCUT2D eigenvalue weighted by Gasteiger charge is -2.17. The van der Waals surface area contributed by atoms with E-state index in [0.717, 1.165) is 30.2 Å². The van der Waals surface area contributed by atoms with Gasteiger partial charge in [0, 0.05) is 43.0 Å². The molecule has 150 valence electrons. The zero-order valence-corrected chi connectivity index (χ0v) is 17.2. The van der Waals surface area contributed by atoms with Crippen molar-refractivity contribution in [2.45, 2.75) is 32.1 Å². The van der Waals surface area contributed by atoms with Crippen LogP contribution in [0, 0.1) is 0 Å². The molecule has 3 aromatic rings. The number of benzene rings is 2. The van der Waals surface area contributed by atoms with Crippen LogP contribution >= 0.6 is 0 Å². The molecule has 0 spiro atoms. The van der Waals surface area contributed by atoms with Crippen molar-refractivity contribution in [1.29, 1.82) is 0 Å². The summed E-state index contributed by atoms with van der Waals surface area (Å²) in [5.41, 5.74) is 4.08. The summed E-state index contributed by atoms with van der Waals surface area (Å²) in [4.78, 5) is 14.8. The van der Waals surface area contributed by atoms with Crippen molar-refractivity contribution >= 4 is 17.3 Å². The van der Waals surface area contributed by atoms with Crippen LogP contribution in [0.15, 0.2) is 54.9 Å². The Morgan fingerprint density at radius 1 is 1.14 bits per heavy atom. The quantitative estimate of drug-likeness (QED) is 0.706. The second kappa shape index (κ2) is 8.07. The van der Waals surface area contributed by atoms with Crippen molar-refractivity contribution in [2.75, 3.05) is 18.4 Å². The van der Waals surface area contributed by atoms with Gasteiger partial charge >= 0.3 is 0 Å². The second-order valence-electron chi connectivity index (χ2n) is 7.98. The van der Waals surface area contributed by atoms with E-state index in [1.54, 1.807) is 6.33 Å². The maximum absolute atomic E-state index is 12.9. The number of amides is 1. The number of carbonyl (C=O) groups is 1. The first-order valence-corrected chi connectivity index (χ1v) is 10.1. The predicted molar refractivity (Wildman–Crippen MR) is 115 cm³/mol. The molecule has 1 amide bonds. The summed E-state index contributed by atoms with van der Waals surface area (Å²) < 4.78 is 1.94. The molecule has 0 saturated carbocycles. The van der Waals surface area contributed by atoms with Crippen LogP contribution in [0.5, 0.6) is 0 Å². The van der Waals surface area contributed by atoms with Crippen LogP contribution in [-0.2, 0) is 7.05 Å². The molecule has 1 aliphatic rings. The topological polar surface area (TPSA) is 63.1 Å². The van der Waals surface area contributed by atoms with E-state index in [0.29, 0.717) is 18.0 Å². The molecule has 6 heteroatoms. The number of aromatic nitrogens is 3. The van der Waals surface area contributed by atoms with Gasteiger partial charge in [0.15, 0.2) is 0 Å². The van der Waals surface area contributed by atoms with Crippen molar-refractivity contribution in [3.05, 3.63) is 71.8 Å². The van der Waals surface area contributed by atoms with E-state index in [2.05, 4.69) is 47.6 Å². The van der Waals surface area contributed by atoms with Crippen molar-refractivity contribution < 1.29 is 4.79 Å². The van der Waals surface area contributed by atoms with Gasteiger partial charge < -0.3 is 14.8 Å². The molecule has 1 saturated heterocycles. The number of hydrogen-bond donors (Lipinski definition) is 1. The summed E-state index contributed by atoms with van der Waals surface area (Å²) in [6.45, 7) is 5.81. The molecule has 0 aliphatic carbocycles. The third-order valence-electron chi connectivity index (χ3n) is 5.58. The van der Waals surface area contributed by atoms with Crippen LogP contribution in [0.4, 0.5) is 11.4 Å². The molecule has 29 heavy (non-hydrogen) atoms. The Kier molecular flexibility index (Phi) is 5.34. The lowest BCUT2D eigenvalue weighted by Crippen LogP contribution is -2.28. The third-order valence-corrected chi connectivity index (χ3v) is 5.58. The predicted octanol–water partition coefficient (Wildman–Crippen LogP) is 4.31. The summed E-state index contributed by atoms with van der Waals surface area (Å²) in [6.07, 6.45) is 2.63. The molecule has 4 rings (SSSR count). The Balaban J connectivity index is 1.43. The molecule has 2 aromatic carbocycles. The average Bonchev–Trinajstić information content (AvgIpc) is 3.37. The molecule has 1 unspecified atom stereocenters. The Hall–Kier alpha value is -3.15. The average molecular weight is 390 g/mol. The largest absolute Gasteiger partial charge is 0.355 e. The van der Waals surface area contributed by atoms with Crippen LogP contribution in [0.3, 0.4) is 0 Å². The molecular weight excluding hydrogens is 362 g/mol. The van der Waals surface area contributed by atoms with Gasteiger partial charge in [-0.05, 0) is 48.2 Å². The molecule has 1 aromatic heterocycles. The summed E-state index contributed by atoms with van der Waals surface area (Å²) >= 11 is 0. The fraction of sp³-hybridized carbons (Fsp3) is 0.348. The minimum atomic E-state index is 0.0730. The number of carbonyl (C=O) groups excluding carboxylic acids is 1. The van der Waals surface area contributed by atoms with Crippen molar-refractivity contribution in [1.82, 2.24) is 19.7 Å². The van der Waals surface area contributed by atoms with Gasteiger partial charge in [0.2, 0.25) is 0 Å². The number of hydrogen-bond acceptors (Lipinski definition) is 4. The molecule has 2 heterocycles. The van der Waals surface area contributed by atoms with Gasteiger partial charge in [-0.15, -0.1) is 10.2 Å². The van der Waals surface area contributed by atoms with E-state index in [4.69, 9.17) is 0 Å². The first-order valence-electron chi connectivity index (χ1n) is 10.1. The second-order valence-corrected chi connectivity index (χ2v) is 7.98. The first kappa shape index (κ1) is 19.2. The Labute approximate surface area is 171 Å². The Morgan fingerprint density at radius 2 is 1.90 bits per heavy atom. The third kappa shape index (κ3) is 4.01. The van der Waals surface area contributed by atoms with Gasteiger partial charge in [0.25, 0.3) is 5.91 Å². The number of anilines is 2. The molecule has 1 N–H and O–H groups in total. The van der Waals surface area contributed by atoms with Crippen LogP contribution in [0.25, 0.3) is 0 Å². The SMILES string of the molecule is CC(C)c1ccccc1Nc1ccc(C(=O)N2CCC(c3nncn3C)C2)cc1. The molecular formula is C23H27N5O. The van der Waals surface area contributed by atoms with Crippen LogP contribution in [0.1, 0.15) is 53.8 Å². The smallest absolute Gasteiger partial charge is 0.253 e. The fourth-order valence-corrected chi connectivity index (χ4v) is 3.97. The van der Waals surface area contributed by atoms with E-state index in [1.165, 1.54) is 5.56 Å². The molecule has 1 atom stereocenters. The maximum atomic E-state index is 12.9. The van der Waals surface area contributed by atoms with Gasteiger partial charge in [0.05, 0.1) is 0 Å². The summed E-state index contributed by atoms with van der Waals surface area (Å²) in [5, 5.41) is 11.6. The highest BCUT2D eigenvalue weighted by Crippen LogP contribution is 2.28. The minimum Gasteiger partial charge on any atom is -0.355 e. The summed E-state index contributed by atoms with van der Waals surface area (Å²) in [7, 11) is 1.95. The molecule has 1 aliphatic heterocycles.